The van der Waals surface area contributed by atoms with Gasteiger partial charge in [0.2, 0.25) is 0 Å². The van der Waals surface area contributed by atoms with Gasteiger partial charge in [-0.25, -0.2) is 0 Å². The van der Waals surface area contributed by atoms with Gasteiger partial charge in [0, 0.05) is 0 Å². The summed E-state index contributed by atoms with van der Waals surface area (Å²) < 4.78 is 0.902. The molecule has 0 aliphatic carbocycles. The average Bonchev–Trinajstić information content (AvgIpc) is 2.53. The van der Waals surface area contributed by atoms with Gasteiger partial charge in [-0.05, 0) is 25.2 Å². The maximum absolute atomic E-state index is 9.35. The van der Waals surface area contributed by atoms with Crippen LogP contribution >= 0.6 is 0 Å². The highest BCUT2D eigenvalue weighted by Gasteiger charge is 2.24. The molecule has 0 spiro atoms. The smallest absolute Gasteiger partial charge is 0.102 e. The second-order valence-electron chi connectivity index (χ2n) is 8.05. The maximum Gasteiger partial charge on any atom is 0.102 e. The van der Waals surface area contributed by atoms with Crippen molar-refractivity contribution in [3.8, 4) is 0 Å². The minimum atomic E-state index is 0.233. The van der Waals surface area contributed by atoms with Gasteiger partial charge in [0.05, 0.1) is 26.3 Å². The Kier molecular flexibility index (Phi) is 16.3. The summed E-state index contributed by atoms with van der Waals surface area (Å²) in [5.74, 6) is 0.861. The van der Waals surface area contributed by atoms with Gasteiger partial charge in [0.1, 0.15) is 13.1 Å². The summed E-state index contributed by atoms with van der Waals surface area (Å²) in [5, 5.41) is 18.7. The van der Waals surface area contributed by atoms with Crippen LogP contribution in [0.3, 0.4) is 0 Å². The molecule has 2 N–H and O–H groups in total. The van der Waals surface area contributed by atoms with Crippen molar-refractivity contribution < 1.29 is 14.7 Å². The van der Waals surface area contributed by atoms with E-state index >= 15 is 0 Å². The molecule has 0 radical (unpaired) electrons. The molecular weight excluding hydrogens is 298 g/mol. The van der Waals surface area contributed by atoms with Gasteiger partial charge in [-0.3, -0.25) is 0 Å². The van der Waals surface area contributed by atoms with Crippen LogP contribution in [0.15, 0.2) is 0 Å². The normalized spacial score (nSPS) is 12.2. The zero-order valence-corrected chi connectivity index (χ0v) is 16.9. The van der Waals surface area contributed by atoms with Crippen LogP contribution in [0.1, 0.15) is 91.4 Å². The summed E-state index contributed by atoms with van der Waals surface area (Å²) >= 11 is 0. The van der Waals surface area contributed by atoms with Crippen LogP contribution in [0.25, 0.3) is 0 Å². The minimum absolute atomic E-state index is 0.233. The second kappa shape index (κ2) is 16.4. The van der Waals surface area contributed by atoms with Crippen LogP contribution in [0.2, 0.25) is 0 Å². The third-order valence-electron chi connectivity index (χ3n) is 5.26. The summed E-state index contributed by atoms with van der Waals surface area (Å²) in [6.07, 6.45) is 14.8. The quantitative estimate of drug-likeness (QED) is 0.278. The van der Waals surface area contributed by atoms with Crippen molar-refractivity contribution in [2.75, 3.05) is 39.4 Å². The number of rotatable bonds is 18. The molecule has 146 valence electrons. The van der Waals surface area contributed by atoms with Gasteiger partial charge in [0.25, 0.3) is 0 Å². The molecule has 3 heteroatoms. The largest absolute Gasteiger partial charge is 0.391 e. The molecule has 0 aromatic carbocycles. The molecule has 0 atom stereocenters. The van der Waals surface area contributed by atoms with Gasteiger partial charge in [-0.1, -0.05) is 72.1 Å². The Hall–Kier alpha value is -0.120. The van der Waals surface area contributed by atoms with Crippen LogP contribution in [0, 0.1) is 5.92 Å². The maximum atomic E-state index is 9.35. The first-order valence-corrected chi connectivity index (χ1v) is 10.7. The van der Waals surface area contributed by atoms with Crippen LogP contribution < -0.4 is 0 Å². The zero-order chi connectivity index (χ0) is 18.1. The van der Waals surface area contributed by atoms with Crippen LogP contribution in [0.4, 0.5) is 0 Å². The molecule has 3 nitrogen and oxygen atoms in total. The lowest BCUT2D eigenvalue weighted by Gasteiger charge is -2.38. The van der Waals surface area contributed by atoms with Crippen molar-refractivity contribution in [2.24, 2.45) is 5.92 Å². The first-order chi connectivity index (χ1) is 11.6. The first-order valence-electron chi connectivity index (χ1n) is 10.7. The summed E-state index contributed by atoms with van der Waals surface area (Å²) in [6.45, 7) is 11.1. The molecule has 0 amide bonds. The standard InChI is InChI=1S/C21H46NO2/c1-4-15-22(17-19-23,18-20-24)16-13-11-9-7-5-6-8-10-12-14-21(2)3/h21,23-24H,4-20H2,1-3H3/q+1. The lowest BCUT2D eigenvalue weighted by molar-refractivity contribution is -0.929. The van der Waals surface area contributed by atoms with E-state index in [1.807, 2.05) is 0 Å². The fourth-order valence-corrected chi connectivity index (χ4v) is 3.81. The van der Waals surface area contributed by atoms with Crippen molar-refractivity contribution >= 4 is 0 Å². The first kappa shape index (κ1) is 23.9. The number of quaternary nitrogens is 1. The molecule has 0 aliphatic heterocycles. The monoisotopic (exact) mass is 344 g/mol. The number of nitrogens with zero attached hydrogens (tertiary/aromatic N) is 1. The molecule has 24 heavy (non-hydrogen) atoms. The van der Waals surface area contributed by atoms with E-state index < -0.39 is 0 Å². The van der Waals surface area contributed by atoms with Crippen molar-refractivity contribution in [3.63, 3.8) is 0 Å². The van der Waals surface area contributed by atoms with E-state index in [2.05, 4.69) is 20.8 Å². The number of unbranched alkanes of at least 4 members (excludes halogenated alkanes) is 8. The van der Waals surface area contributed by atoms with Gasteiger partial charge in [-0.2, -0.15) is 0 Å². The number of aliphatic hydroxyl groups is 2. The summed E-state index contributed by atoms with van der Waals surface area (Å²) in [5.41, 5.74) is 0. The number of aliphatic hydroxyl groups excluding tert-OH is 2. The molecular formula is C21H46NO2+. The van der Waals surface area contributed by atoms with Crippen LogP contribution in [-0.2, 0) is 0 Å². The second-order valence-corrected chi connectivity index (χ2v) is 8.05. The van der Waals surface area contributed by atoms with Gasteiger partial charge < -0.3 is 14.7 Å². The Bertz CT molecular complexity index is 239. The predicted molar refractivity (Wildman–Crippen MR) is 105 cm³/mol. The highest BCUT2D eigenvalue weighted by molar-refractivity contribution is 4.51. The summed E-state index contributed by atoms with van der Waals surface area (Å²) in [7, 11) is 0. The Morgan fingerprint density at radius 3 is 1.50 bits per heavy atom. The van der Waals surface area contributed by atoms with E-state index in [1.165, 1.54) is 64.2 Å². The topological polar surface area (TPSA) is 40.5 Å². The van der Waals surface area contributed by atoms with Crippen LogP contribution in [-0.4, -0.2) is 54.1 Å². The highest BCUT2D eigenvalue weighted by atomic mass is 16.3. The van der Waals surface area contributed by atoms with Gasteiger partial charge >= 0.3 is 0 Å². The molecule has 0 aliphatic rings. The van der Waals surface area contributed by atoms with Gasteiger partial charge in [0.15, 0.2) is 0 Å². The molecule has 0 saturated heterocycles. The van der Waals surface area contributed by atoms with Gasteiger partial charge in [-0.15, -0.1) is 0 Å². The molecule has 0 rings (SSSR count). The molecule has 0 bridgehead atoms. The third kappa shape index (κ3) is 13.2. The van der Waals surface area contributed by atoms with Crippen molar-refractivity contribution in [1.29, 1.82) is 0 Å². The molecule has 0 heterocycles. The van der Waals surface area contributed by atoms with Crippen LogP contribution in [0.5, 0.6) is 0 Å². The van der Waals surface area contributed by atoms with E-state index in [4.69, 9.17) is 0 Å². The highest BCUT2D eigenvalue weighted by Crippen LogP contribution is 2.15. The molecule has 0 fully saturated rings. The molecule has 0 aromatic rings. The lowest BCUT2D eigenvalue weighted by atomic mass is 10.0. The number of hydrogen-bond acceptors (Lipinski definition) is 2. The van der Waals surface area contributed by atoms with Crippen molar-refractivity contribution in [2.45, 2.75) is 91.4 Å². The zero-order valence-electron chi connectivity index (χ0n) is 16.9. The van der Waals surface area contributed by atoms with E-state index in [1.54, 1.807) is 0 Å². The fraction of sp³-hybridized carbons (Fsp3) is 1.00. The van der Waals surface area contributed by atoms with Crippen molar-refractivity contribution in [3.05, 3.63) is 0 Å². The fourth-order valence-electron chi connectivity index (χ4n) is 3.81. The average molecular weight is 345 g/mol. The third-order valence-corrected chi connectivity index (χ3v) is 5.26. The molecule has 0 unspecified atom stereocenters. The Morgan fingerprint density at radius 1 is 0.625 bits per heavy atom. The number of hydrogen-bond donors (Lipinski definition) is 2. The van der Waals surface area contributed by atoms with Crippen molar-refractivity contribution in [1.82, 2.24) is 0 Å². The lowest BCUT2D eigenvalue weighted by Crippen LogP contribution is -2.52. The Morgan fingerprint density at radius 2 is 1.08 bits per heavy atom. The van der Waals surface area contributed by atoms with E-state index in [9.17, 15) is 10.2 Å². The minimum Gasteiger partial charge on any atom is -0.391 e. The summed E-state index contributed by atoms with van der Waals surface area (Å²) in [4.78, 5) is 0. The van der Waals surface area contributed by atoms with E-state index in [0.29, 0.717) is 0 Å². The molecule has 0 aromatic heterocycles. The molecule has 0 saturated carbocycles. The predicted octanol–water partition coefficient (Wildman–Crippen LogP) is 4.75. The SMILES string of the molecule is CCC[N+](CCO)(CCO)CCCCCCCCCCCC(C)C. The van der Waals surface area contributed by atoms with E-state index in [0.717, 1.165) is 43.0 Å². The Balaban J connectivity index is 3.64. The summed E-state index contributed by atoms with van der Waals surface area (Å²) in [6, 6.07) is 0. The van der Waals surface area contributed by atoms with E-state index in [-0.39, 0.29) is 13.2 Å². The Labute approximate surface area is 152 Å².